The van der Waals surface area contributed by atoms with Gasteiger partial charge in [0.1, 0.15) is 0 Å². The smallest absolute Gasteiger partial charge is 0.222 e. The zero-order valence-corrected chi connectivity index (χ0v) is 14.1. The largest absolute Gasteiger partial charge is 0.368 e. The number of hydrogen-bond acceptors (Lipinski definition) is 2. The second-order valence-corrected chi connectivity index (χ2v) is 6.97. The Morgan fingerprint density at radius 2 is 1.76 bits per heavy atom. The Kier molecular flexibility index (Phi) is 4.60. The molecule has 1 aliphatic heterocycles. The number of carbonyl (C=O) groups excluding carboxylic acids is 1. The van der Waals surface area contributed by atoms with Crippen LogP contribution in [-0.2, 0) is 10.2 Å². The molecule has 1 amide bonds. The highest BCUT2D eigenvalue weighted by atomic mass is 16.2. The minimum Gasteiger partial charge on any atom is -0.368 e. The van der Waals surface area contributed by atoms with Crippen molar-refractivity contribution in [1.82, 2.24) is 4.90 Å². The lowest BCUT2D eigenvalue weighted by Gasteiger charge is -2.37. The predicted octanol–water partition coefficient (Wildman–Crippen LogP) is 3.35. The average Bonchev–Trinajstić information content (AvgIpc) is 2.46. The molecule has 0 saturated carbocycles. The molecular weight excluding hydrogens is 260 g/mol. The van der Waals surface area contributed by atoms with Gasteiger partial charge in [0.05, 0.1) is 0 Å². The molecule has 0 radical (unpaired) electrons. The molecule has 1 saturated heterocycles. The van der Waals surface area contributed by atoms with E-state index >= 15 is 0 Å². The summed E-state index contributed by atoms with van der Waals surface area (Å²) in [5, 5.41) is 0. The van der Waals surface area contributed by atoms with Gasteiger partial charge in [0.2, 0.25) is 5.91 Å². The second-order valence-electron chi connectivity index (χ2n) is 6.97. The maximum atomic E-state index is 11.7. The fourth-order valence-electron chi connectivity index (χ4n) is 3.05. The van der Waals surface area contributed by atoms with Gasteiger partial charge in [0.25, 0.3) is 0 Å². The van der Waals surface area contributed by atoms with Crippen LogP contribution in [-0.4, -0.2) is 37.0 Å². The normalized spacial score (nSPS) is 16.2. The van der Waals surface area contributed by atoms with Crippen molar-refractivity contribution in [3.63, 3.8) is 0 Å². The van der Waals surface area contributed by atoms with Gasteiger partial charge in [-0.15, -0.1) is 0 Å². The molecule has 0 atom stereocenters. The van der Waals surface area contributed by atoms with Gasteiger partial charge in [-0.2, -0.15) is 0 Å². The Morgan fingerprint density at radius 1 is 1.14 bits per heavy atom. The number of nitrogens with zero attached hydrogens (tertiary/aromatic N) is 2. The van der Waals surface area contributed by atoms with Crippen LogP contribution >= 0.6 is 0 Å². The van der Waals surface area contributed by atoms with Crippen molar-refractivity contribution >= 4 is 11.6 Å². The number of piperazine rings is 1. The van der Waals surface area contributed by atoms with E-state index in [4.69, 9.17) is 0 Å². The van der Waals surface area contributed by atoms with Gasteiger partial charge in [-0.05, 0) is 35.6 Å². The van der Waals surface area contributed by atoms with E-state index in [1.807, 2.05) is 11.8 Å². The topological polar surface area (TPSA) is 23.6 Å². The summed E-state index contributed by atoms with van der Waals surface area (Å²) in [6.07, 6.45) is 0.610. The van der Waals surface area contributed by atoms with Crippen LogP contribution in [0.5, 0.6) is 0 Å². The molecule has 0 spiro atoms. The third-order valence-corrected chi connectivity index (χ3v) is 4.33. The predicted molar refractivity (Wildman–Crippen MR) is 89.0 cm³/mol. The standard InChI is InChI=1S/C18H28N2O/c1-6-17(21)20-11-9-19(10-12-20)15-8-7-14(2)16(13-15)18(3,4)5/h7-8,13H,6,9-12H2,1-5H3. The summed E-state index contributed by atoms with van der Waals surface area (Å²) in [6, 6.07) is 6.76. The van der Waals surface area contributed by atoms with Crippen LogP contribution in [0, 0.1) is 6.92 Å². The lowest BCUT2D eigenvalue weighted by atomic mass is 9.84. The SMILES string of the molecule is CCC(=O)N1CCN(c2ccc(C)c(C(C)(C)C)c2)CC1. The molecule has 116 valence electrons. The van der Waals surface area contributed by atoms with Crippen LogP contribution in [0.4, 0.5) is 5.69 Å². The first-order chi connectivity index (χ1) is 9.82. The first-order valence-corrected chi connectivity index (χ1v) is 7.96. The average molecular weight is 288 g/mol. The summed E-state index contributed by atoms with van der Waals surface area (Å²) in [4.78, 5) is 16.1. The molecule has 0 unspecified atom stereocenters. The number of rotatable bonds is 2. The highest BCUT2D eigenvalue weighted by Crippen LogP contribution is 2.30. The second kappa shape index (κ2) is 6.08. The summed E-state index contributed by atoms with van der Waals surface area (Å²) in [5.41, 5.74) is 4.22. The van der Waals surface area contributed by atoms with Crippen LogP contribution in [0.2, 0.25) is 0 Å². The van der Waals surface area contributed by atoms with Crippen molar-refractivity contribution in [2.75, 3.05) is 31.1 Å². The summed E-state index contributed by atoms with van der Waals surface area (Å²) in [5.74, 6) is 0.272. The number of carbonyl (C=O) groups is 1. The van der Waals surface area contributed by atoms with Gasteiger partial charge < -0.3 is 9.80 Å². The summed E-state index contributed by atoms with van der Waals surface area (Å²) in [6.45, 7) is 14.4. The maximum Gasteiger partial charge on any atom is 0.222 e. The van der Waals surface area contributed by atoms with Crippen molar-refractivity contribution in [3.05, 3.63) is 29.3 Å². The Hall–Kier alpha value is -1.51. The molecule has 21 heavy (non-hydrogen) atoms. The molecule has 1 fully saturated rings. The van der Waals surface area contributed by atoms with Gasteiger partial charge >= 0.3 is 0 Å². The molecule has 1 aliphatic rings. The van der Waals surface area contributed by atoms with E-state index in [1.54, 1.807) is 0 Å². The molecule has 0 bridgehead atoms. The molecule has 0 N–H and O–H groups in total. The van der Waals surface area contributed by atoms with Gasteiger partial charge in [0.15, 0.2) is 0 Å². The molecular formula is C18H28N2O. The third kappa shape index (κ3) is 3.58. The van der Waals surface area contributed by atoms with E-state index in [2.05, 4.69) is 50.8 Å². The Balaban J connectivity index is 2.12. The fourth-order valence-corrected chi connectivity index (χ4v) is 3.05. The highest BCUT2D eigenvalue weighted by molar-refractivity contribution is 5.76. The Labute approximate surface area is 128 Å². The molecule has 1 heterocycles. The van der Waals surface area contributed by atoms with E-state index in [0.717, 1.165) is 26.2 Å². The van der Waals surface area contributed by atoms with Gasteiger partial charge in [-0.3, -0.25) is 4.79 Å². The fraction of sp³-hybridized carbons (Fsp3) is 0.611. The minimum atomic E-state index is 0.167. The van der Waals surface area contributed by atoms with Crippen molar-refractivity contribution < 1.29 is 4.79 Å². The Bertz CT molecular complexity index is 508. The molecule has 3 heteroatoms. The highest BCUT2D eigenvalue weighted by Gasteiger charge is 2.22. The van der Waals surface area contributed by atoms with Crippen molar-refractivity contribution in [2.24, 2.45) is 0 Å². The summed E-state index contributed by atoms with van der Waals surface area (Å²) in [7, 11) is 0. The van der Waals surface area contributed by atoms with E-state index in [9.17, 15) is 4.79 Å². The molecule has 2 rings (SSSR count). The van der Waals surface area contributed by atoms with Crippen LogP contribution in [0.15, 0.2) is 18.2 Å². The van der Waals surface area contributed by atoms with Crippen LogP contribution in [0.3, 0.4) is 0 Å². The molecule has 1 aromatic rings. The van der Waals surface area contributed by atoms with E-state index in [-0.39, 0.29) is 11.3 Å². The number of hydrogen-bond donors (Lipinski definition) is 0. The first kappa shape index (κ1) is 15.9. The van der Waals surface area contributed by atoms with E-state index < -0.39 is 0 Å². The minimum absolute atomic E-state index is 0.167. The Morgan fingerprint density at radius 3 is 2.29 bits per heavy atom. The number of anilines is 1. The molecule has 0 aromatic heterocycles. The van der Waals surface area contributed by atoms with Crippen LogP contribution in [0.25, 0.3) is 0 Å². The van der Waals surface area contributed by atoms with Gasteiger partial charge in [-0.1, -0.05) is 33.8 Å². The lowest BCUT2D eigenvalue weighted by molar-refractivity contribution is -0.131. The third-order valence-electron chi connectivity index (χ3n) is 4.33. The monoisotopic (exact) mass is 288 g/mol. The molecule has 0 aliphatic carbocycles. The van der Waals surface area contributed by atoms with Gasteiger partial charge in [-0.25, -0.2) is 0 Å². The quantitative estimate of drug-likeness (QED) is 0.833. The van der Waals surface area contributed by atoms with Crippen molar-refractivity contribution in [2.45, 2.75) is 46.5 Å². The summed E-state index contributed by atoms with van der Waals surface area (Å²) < 4.78 is 0. The van der Waals surface area contributed by atoms with Crippen LogP contribution in [0.1, 0.15) is 45.2 Å². The lowest BCUT2D eigenvalue weighted by Crippen LogP contribution is -2.48. The van der Waals surface area contributed by atoms with E-state index in [0.29, 0.717) is 6.42 Å². The molecule has 1 aromatic carbocycles. The molecule has 3 nitrogen and oxygen atoms in total. The van der Waals surface area contributed by atoms with E-state index in [1.165, 1.54) is 16.8 Å². The van der Waals surface area contributed by atoms with Gasteiger partial charge in [0, 0.05) is 38.3 Å². The zero-order chi connectivity index (χ0) is 15.6. The number of benzene rings is 1. The zero-order valence-electron chi connectivity index (χ0n) is 14.1. The maximum absolute atomic E-state index is 11.7. The summed E-state index contributed by atoms with van der Waals surface area (Å²) >= 11 is 0. The van der Waals surface area contributed by atoms with Crippen molar-refractivity contribution in [1.29, 1.82) is 0 Å². The van der Waals surface area contributed by atoms with Crippen molar-refractivity contribution in [3.8, 4) is 0 Å². The number of amides is 1. The van der Waals surface area contributed by atoms with Crippen LogP contribution < -0.4 is 4.90 Å². The first-order valence-electron chi connectivity index (χ1n) is 7.96. The number of aryl methyl sites for hydroxylation is 1.